The first-order valence-corrected chi connectivity index (χ1v) is 5.81. The predicted molar refractivity (Wildman–Crippen MR) is 68.9 cm³/mol. The van der Waals surface area contributed by atoms with E-state index in [1.54, 1.807) is 26.4 Å². The van der Waals surface area contributed by atoms with Crippen molar-refractivity contribution in [1.82, 2.24) is 0 Å². The van der Waals surface area contributed by atoms with Crippen LogP contribution in [-0.4, -0.2) is 26.6 Å². The van der Waals surface area contributed by atoms with Crippen LogP contribution >= 0.6 is 11.6 Å². The van der Waals surface area contributed by atoms with E-state index < -0.39 is 0 Å². The molecule has 17 heavy (non-hydrogen) atoms. The van der Waals surface area contributed by atoms with Crippen molar-refractivity contribution in [3.05, 3.63) is 17.2 Å². The van der Waals surface area contributed by atoms with E-state index in [1.807, 2.05) is 4.90 Å². The van der Waals surface area contributed by atoms with Crippen LogP contribution in [0.1, 0.15) is 12.8 Å². The fourth-order valence-corrected chi connectivity index (χ4v) is 2.23. The average molecular weight is 255 g/mol. The second-order valence-electron chi connectivity index (χ2n) is 3.86. The molecule has 0 saturated carbocycles. The lowest BCUT2D eigenvalue weighted by molar-refractivity contribution is 0.395. The van der Waals surface area contributed by atoms with Crippen molar-refractivity contribution in [2.45, 2.75) is 12.8 Å². The molecule has 1 heterocycles. The van der Waals surface area contributed by atoms with Gasteiger partial charge in [-0.3, -0.25) is 5.41 Å². The van der Waals surface area contributed by atoms with E-state index in [0.717, 1.165) is 25.1 Å². The third-order valence-corrected chi connectivity index (χ3v) is 3.16. The van der Waals surface area contributed by atoms with Crippen LogP contribution in [0.5, 0.6) is 11.5 Å². The molecule has 1 N–H and O–H groups in total. The number of nitrogens with one attached hydrogen (secondary N) is 1. The number of ether oxygens (including phenoxy) is 2. The van der Waals surface area contributed by atoms with Gasteiger partial charge in [0.1, 0.15) is 17.3 Å². The van der Waals surface area contributed by atoms with Crippen LogP contribution in [-0.2, 0) is 0 Å². The molecule has 1 aliphatic heterocycles. The summed E-state index contributed by atoms with van der Waals surface area (Å²) in [6, 6.07) is 3.54. The molecule has 0 bridgehead atoms. The Hall–Kier alpha value is -1.42. The number of rotatable bonds is 3. The molecule has 0 spiro atoms. The molecule has 0 aliphatic carbocycles. The molecule has 1 aromatic rings. The Morgan fingerprint density at radius 2 is 1.94 bits per heavy atom. The topological polar surface area (TPSA) is 45.6 Å². The van der Waals surface area contributed by atoms with Crippen LogP contribution in [0.25, 0.3) is 0 Å². The van der Waals surface area contributed by atoms with E-state index in [-0.39, 0.29) is 0 Å². The molecule has 1 aliphatic rings. The van der Waals surface area contributed by atoms with Gasteiger partial charge in [-0.2, -0.15) is 0 Å². The standard InChI is InChI=1S/C12H15ClN2O2/c1-16-10-7-11(17-2)9(6-8(10)13)15-5-3-4-12(15)14/h6-7,14H,3-5H2,1-2H3. The minimum atomic E-state index is 0.531. The van der Waals surface area contributed by atoms with Gasteiger partial charge in [-0.25, -0.2) is 0 Å². The molecule has 0 radical (unpaired) electrons. The second kappa shape index (κ2) is 4.84. The number of amidine groups is 1. The maximum absolute atomic E-state index is 7.88. The van der Waals surface area contributed by atoms with Gasteiger partial charge >= 0.3 is 0 Å². The molecule has 0 atom stereocenters. The summed E-state index contributed by atoms with van der Waals surface area (Å²) in [4.78, 5) is 1.92. The SMILES string of the molecule is COc1cc(OC)c(N2CCCC2=N)cc1Cl. The average Bonchev–Trinajstić information content (AvgIpc) is 2.75. The van der Waals surface area contributed by atoms with Crippen LogP contribution in [0.4, 0.5) is 5.69 Å². The van der Waals surface area contributed by atoms with E-state index >= 15 is 0 Å². The Morgan fingerprint density at radius 1 is 1.24 bits per heavy atom. The van der Waals surface area contributed by atoms with Gasteiger partial charge in [0.05, 0.1) is 24.9 Å². The first-order chi connectivity index (χ1) is 8.17. The lowest BCUT2D eigenvalue weighted by atomic mass is 10.2. The summed E-state index contributed by atoms with van der Waals surface area (Å²) in [5.74, 6) is 1.86. The van der Waals surface area contributed by atoms with Gasteiger partial charge in [0.15, 0.2) is 0 Å². The molecule has 4 nitrogen and oxygen atoms in total. The number of anilines is 1. The highest BCUT2D eigenvalue weighted by atomic mass is 35.5. The van der Waals surface area contributed by atoms with E-state index in [1.165, 1.54) is 0 Å². The van der Waals surface area contributed by atoms with Gasteiger partial charge in [0.25, 0.3) is 0 Å². The quantitative estimate of drug-likeness (QED) is 0.902. The number of methoxy groups -OCH3 is 2. The Bertz CT molecular complexity index is 448. The molecular formula is C12H15ClN2O2. The molecule has 0 amide bonds. The van der Waals surface area contributed by atoms with Gasteiger partial charge in [-0.15, -0.1) is 0 Å². The summed E-state index contributed by atoms with van der Waals surface area (Å²) < 4.78 is 10.5. The zero-order chi connectivity index (χ0) is 12.4. The number of nitrogens with zero attached hydrogens (tertiary/aromatic N) is 1. The third kappa shape index (κ3) is 2.17. The molecule has 2 rings (SSSR count). The van der Waals surface area contributed by atoms with Crippen molar-refractivity contribution < 1.29 is 9.47 Å². The Morgan fingerprint density at radius 3 is 2.47 bits per heavy atom. The number of halogens is 1. The Kier molecular flexibility index (Phi) is 3.43. The summed E-state index contributed by atoms with van der Waals surface area (Å²) in [6.07, 6.45) is 1.79. The summed E-state index contributed by atoms with van der Waals surface area (Å²) in [5, 5.41) is 8.41. The number of hydrogen-bond acceptors (Lipinski definition) is 3. The van der Waals surface area contributed by atoms with Crippen molar-refractivity contribution in [3.63, 3.8) is 0 Å². The molecule has 5 heteroatoms. The smallest absolute Gasteiger partial charge is 0.146 e. The van der Waals surface area contributed by atoms with Crippen molar-refractivity contribution in [2.24, 2.45) is 0 Å². The zero-order valence-corrected chi connectivity index (χ0v) is 10.7. The Balaban J connectivity index is 2.45. The molecule has 0 unspecified atom stereocenters. The molecule has 1 fully saturated rings. The fraction of sp³-hybridized carbons (Fsp3) is 0.417. The molecule has 92 valence electrons. The van der Waals surface area contributed by atoms with Gasteiger partial charge in [0, 0.05) is 19.0 Å². The van der Waals surface area contributed by atoms with Crippen LogP contribution in [0.15, 0.2) is 12.1 Å². The fourth-order valence-electron chi connectivity index (χ4n) is 2.00. The van der Waals surface area contributed by atoms with Crippen molar-refractivity contribution >= 4 is 23.1 Å². The first-order valence-electron chi connectivity index (χ1n) is 5.44. The summed E-state index contributed by atoms with van der Waals surface area (Å²) >= 11 is 6.11. The van der Waals surface area contributed by atoms with E-state index in [9.17, 15) is 0 Å². The van der Waals surface area contributed by atoms with Crippen LogP contribution in [0.3, 0.4) is 0 Å². The van der Waals surface area contributed by atoms with Crippen LogP contribution < -0.4 is 14.4 Å². The summed E-state index contributed by atoms with van der Waals surface area (Å²) in [6.45, 7) is 0.831. The minimum Gasteiger partial charge on any atom is -0.495 e. The van der Waals surface area contributed by atoms with Crippen molar-refractivity contribution in [2.75, 3.05) is 25.7 Å². The Labute approximate surface area is 106 Å². The van der Waals surface area contributed by atoms with E-state index in [4.69, 9.17) is 26.5 Å². The van der Waals surface area contributed by atoms with Gasteiger partial charge in [-0.1, -0.05) is 11.6 Å². The largest absolute Gasteiger partial charge is 0.495 e. The lowest BCUT2D eigenvalue weighted by Gasteiger charge is -2.21. The molecule has 1 saturated heterocycles. The normalized spacial score (nSPS) is 15.2. The van der Waals surface area contributed by atoms with E-state index in [2.05, 4.69) is 0 Å². The zero-order valence-electron chi connectivity index (χ0n) is 9.92. The van der Waals surface area contributed by atoms with Gasteiger partial charge < -0.3 is 14.4 Å². The summed E-state index contributed by atoms with van der Waals surface area (Å²) in [5.41, 5.74) is 0.834. The number of hydrogen-bond donors (Lipinski definition) is 1. The molecular weight excluding hydrogens is 240 g/mol. The highest BCUT2D eigenvalue weighted by molar-refractivity contribution is 6.32. The summed E-state index contributed by atoms with van der Waals surface area (Å²) in [7, 11) is 3.17. The third-order valence-electron chi connectivity index (χ3n) is 2.87. The first kappa shape index (κ1) is 12.0. The maximum Gasteiger partial charge on any atom is 0.146 e. The molecule has 1 aromatic carbocycles. The monoisotopic (exact) mass is 254 g/mol. The second-order valence-corrected chi connectivity index (χ2v) is 4.27. The van der Waals surface area contributed by atoms with Gasteiger partial charge in [-0.05, 0) is 12.5 Å². The van der Waals surface area contributed by atoms with Crippen LogP contribution in [0, 0.1) is 5.41 Å². The van der Waals surface area contributed by atoms with Crippen molar-refractivity contribution in [3.8, 4) is 11.5 Å². The predicted octanol–water partition coefficient (Wildman–Crippen LogP) is 2.93. The highest BCUT2D eigenvalue weighted by Crippen LogP contribution is 2.39. The van der Waals surface area contributed by atoms with Crippen molar-refractivity contribution in [1.29, 1.82) is 5.41 Å². The maximum atomic E-state index is 7.88. The van der Waals surface area contributed by atoms with E-state index in [0.29, 0.717) is 22.4 Å². The highest BCUT2D eigenvalue weighted by Gasteiger charge is 2.23. The number of benzene rings is 1. The van der Waals surface area contributed by atoms with Crippen LogP contribution in [0.2, 0.25) is 5.02 Å². The minimum absolute atomic E-state index is 0.531. The van der Waals surface area contributed by atoms with Gasteiger partial charge in [0.2, 0.25) is 0 Å². The molecule has 0 aromatic heterocycles. The lowest BCUT2D eigenvalue weighted by Crippen LogP contribution is -2.23.